The Bertz CT molecular complexity index is 858. The van der Waals surface area contributed by atoms with E-state index >= 15 is 0 Å². The fourth-order valence-electron chi connectivity index (χ4n) is 3.45. The van der Waals surface area contributed by atoms with E-state index in [1.165, 1.54) is 0 Å². The van der Waals surface area contributed by atoms with Crippen LogP contribution in [0.4, 0.5) is 11.4 Å². The van der Waals surface area contributed by atoms with Gasteiger partial charge >= 0.3 is 0 Å². The van der Waals surface area contributed by atoms with Crippen LogP contribution in [0.15, 0.2) is 42.5 Å². The molecule has 0 saturated carbocycles. The first-order valence-corrected chi connectivity index (χ1v) is 9.61. The third-order valence-corrected chi connectivity index (χ3v) is 5.37. The number of hydrogen-bond donors (Lipinski definition) is 3. The number of aryl methyl sites for hydroxylation is 1. The first kappa shape index (κ1) is 19.9. The number of hydrogen-bond acceptors (Lipinski definition) is 4. The molecule has 1 saturated heterocycles. The van der Waals surface area contributed by atoms with E-state index in [0.29, 0.717) is 38.2 Å². The molecule has 0 aliphatic carbocycles. The van der Waals surface area contributed by atoms with E-state index in [4.69, 9.17) is 0 Å². The third-order valence-electron chi connectivity index (χ3n) is 5.37. The second-order valence-corrected chi connectivity index (χ2v) is 7.35. The predicted molar refractivity (Wildman–Crippen MR) is 110 cm³/mol. The molecule has 1 aliphatic heterocycles. The summed E-state index contributed by atoms with van der Waals surface area (Å²) < 4.78 is 0. The molecule has 3 N–H and O–H groups in total. The number of aromatic hydroxyl groups is 1. The highest BCUT2D eigenvalue weighted by Gasteiger charge is 2.26. The lowest BCUT2D eigenvalue weighted by atomic mass is 9.95. The number of nitrogens with one attached hydrogen (secondary N) is 2. The molecule has 6 heteroatoms. The van der Waals surface area contributed by atoms with Gasteiger partial charge in [-0.1, -0.05) is 24.3 Å². The Morgan fingerprint density at radius 3 is 2.39 bits per heavy atom. The van der Waals surface area contributed by atoms with Crippen molar-refractivity contribution in [2.24, 2.45) is 5.92 Å². The molecule has 0 spiro atoms. The van der Waals surface area contributed by atoms with Gasteiger partial charge in [0.25, 0.3) is 0 Å². The standard InChI is InChI=1S/C22H27N3O3/c1-15-6-5-8-18(16(15)2)23-21(27)14-25-12-10-17(11-13-25)22(28)24-19-7-3-4-9-20(19)26/h3-9,17,26H,10-14H2,1-2H3,(H,23,27)(H,24,28). The molecule has 2 aromatic rings. The molecule has 148 valence electrons. The zero-order valence-electron chi connectivity index (χ0n) is 16.4. The molecule has 6 nitrogen and oxygen atoms in total. The second kappa shape index (κ2) is 8.89. The SMILES string of the molecule is Cc1cccc(NC(=O)CN2CCC(C(=O)Nc3ccccc3O)CC2)c1C. The van der Waals surface area contributed by atoms with Gasteiger partial charge in [0.1, 0.15) is 5.75 Å². The number of rotatable bonds is 5. The highest BCUT2D eigenvalue weighted by Crippen LogP contribution is 2.25. The minimum absolute atomic E-state index is 0.0363. The van der Waals surface area contributed by atoms with Crippen LogP contribution in [0, 0.1) is 19.8 Å². The number of piperidine rings is 1. The first-order valence-electron chi connectivity index (χ1n) is 9.61. The summed E-state index contributed by atoms with van der Waals surface area (Å²) in [6.07, 6.45) is 1.38. The molecular weight excluding hydrogens is 354 g/mol. The van der Waals surface area contributed by atoms with Gasteiger partial charge in [-0.15, -0.1) is 0 Å². The van der Waals surface area contributed by atoms with Gasteiger partial charge in [-0.05, 0) is 69.1 Å². The van der Waals surface area contributed by atoms with E-state index in [0.717, 1.165) is 16.8 Å². The van der Waals surface area contributed by atoms with E-state index in [1.807, 2.05) is 32.0 Å². The van der Waals surface area contributed by atoms with Crippen molar-refractivity contribution in [3.8, 4) is 5.75 Å². The first-order chi connectivity index (χ1) is 13.4. The summed E-state index contributed by atoms with van der Waals surface area (Å²) in [7, 11) is 0. The molecule has 3 rings (SSSR count). The number of phenolic OH excluding ortho intramolecular Hbond substituents is 1. The zero-order valence-corrected chi connectivity index (χ0v) is 16.4. The van der Waals surface area contributed by atoms with Crippen molar-refractivity contribution in [2.75, 3.05) is 30.3 Å². The van der Waals surface area contributed by atoms with Gasteiger partial charge in [-0.3, -0.25) is 14.5 Å². The van der Waals surface area contributed by atoms with Gasteiger partial charge in [0.15, 0.2) is 0 Å². The van der Waals surface area contributed by atoms with E-state index in [-0.39, 0.29) is 23.5 Å². The lowest BCUT2D eigenvalue weighted by molar-refractivity contribution is -0.121. The molecule has 0 unspecified atom stereocenters. The van der Waals surface area contributed by atoms with Gasteiger partial charge in [-0.2, -0.15) is 0 Å². The lowest BCUT2D eigenvalue weighted by Gasteiger charge is -2.30. The fraction of sp³-hybridized carbons (Fsp3) is 0.364. The maximum Gasteiger partial charge on any atom is 0.238 e. The van der Waals surface area contributed by atoms with Crippen LogP contribution in [0.1, 0.15) is 24.0 Å². The predicted octanol–water partition coefficient (Wildman–Crippen LogP) is 3.30. The number of anilines is 2. The van der Waals surface area contributed by atoms with E-state index in [1.54, 1.807) is 24.3 Å². The van der Waals surface area contributed by atoms with Crippen molar-refractivity contribution in [3.05, 3.63) is 53.6 Å². The molecule has 28 heavy (non-hydrogen) atoms. The highest BCUT2D eigenvalue weighted by molar-refractivity contribution is 5.94. The minimum atomic E-state index is -0.113. The largest absolute Gasteiger partial charge is 0.506 e. The van der Waals surface area contributed by atoms with Crippen LogP contribution in [0.3, 0.4) is 0 Å². The van der Waals surface area contributed by atoms with Gasteiger partial charge in [0, 0.05) is 11.6 Å². The Morgan fingerprint density at radius 1 is 1.00 bits per heavy atom. The van der Waals surface area contributed by atoms with Crippen LogP contribution in [-0.2, 0) is 9.59 Å². The number of nitrogens with zero attached hydrogens (tertiary/aromatic N) is 1. The maximum absolute atomic E-state index is 12.4. The van der Waals surface area contributed by atoms with Crippen molar-refractivity contribution in [3.63, 3.8) is 0 Å². The topological polar surface area (TPSA) is 81.7 Å². The number of benzene rings is 2. The van der Waals surface area contributed by atoms with Gasteiger partial charge in [-0.25, -0.2) is 0 Å². The summed E-state index contributed by atoms with van der Waals surface area (Å²) in [5.41, 5.74) is 3.51. The number of para-hydroxylation sites is 2. The smallest absolute Gasteiger partial charge is 0.238 e. The summed E-state index contributed by atoms with van der Waals surface area (Å²) in [4.78, 5) is 26.9. The van der Waals surface area contributed by atoms with Gasteiger partial charge in [0.05, 0.1) is 12.2 Å². The quantitative estimate of drug-likeness (QED) is 0.694. The second-order valence-electron chi connectivity index (χ2n) is 7.35. The summed E-state index contributed by atoms with van der Waals surface area (Å²) in [5, 5.41) is 15.6. The van der Waals surface area contributed by atoms with E-state index in [2.05, 4.69) is 15.5 Å². The normalized spacial score (nSPS) is 15.2. The monoisotopic (exact) mass is 381 g/mol. The maximum atomic E-state index is 12.4. The minimum Gasteiger partial charge on any atom is -0.506 e. The highest BCUT2D eigenvalue weighted by atomic mass is 16.3. The molecule has 2 aromatic carbocycles. The van der Waals surface area contributed by atoms with Crippen molar-refractivity contribution in [1.82, 2.24) is 4.90 Å². The fourth-order valence-corrected chi connectivity index (χ4v) is 3.45. The Kier molecular flexibility index (Phi) is 6.31. The molecule has 0 radical (unpaired) electrons. The van der Waals surface area contributed by atoms with Crippen LogP contribution in [-0.4, -0.2) is 41.5 Å². The average molecular weight is 381 g/mol. The summed E-state index contributed by atoms with van der Waals surface area (Å²) >= 11 is 0. The zero-order chi connectivity index (χ0) is 20.1. The third kappa shape index (κ3) is 4.89. The van der Waals surface area contributed by atoms with E-state index < -0.39 is 0 Å². The van der Waals surface area contributed by atoms with Gasteiger partial charge < -0.3 is 15.7 Å². The number of likely N-dealkylation sites (tertiary alicyclic amines) is 1. The van der Waals surface area contributed by atoms with Crippen molar-refractivity contribution in [2.45, 2.75) is 26.7 Å². The van der Waals surface area contributed by atoms with Crippen molar-refractivity contribution >= 4 is 23.2 Å². The number of carbonyl (C=O) groups excluding carboxylic acids is 2. The molecule has 0 bridgehead atoms. The summed E-state index contributed by atoms with van der Waals surface area (Å²) in [6.45, 7) is 5.73. The Balaban J connectivity index is 1.47. The summed E-state index contributed by atoms with van der Waals surface area (Å²) in [6, 6.07) is 12.6. The van der Waals surface area contributed by atoms with Crippen LogP contribution in [0.25, 0.3) is 0 Å². The van der Waals surface area contributed by atoms with Crippen LogP contribution in [0.2, 0.25) is 0 Å². The number of amides is 2. The summed E-state index contributed by atoms with van der Waals surface area (Å²) in [5.74, 6) is -0.166. The Morgan fingerprint density at radius 2 is 1.68 bits per heavy atom. The van der Waals surface area contributed by atoms with Crippen molar-refractivity contribution in [1.29, 1.82) is 0 Å². The van der Waals surface area contributed by atoms with E-state index in [9.17, 15) is 14.7 Å². The molecule has 1 aliphatic rings. The van der Waals surface area contributed by atoms with Crippen LogP contribution >= 0.6 is 0 Å². The molecule has 1 fully saturated rings. The lowest BCUT2D eigenvalue weighted by Crippen LogP contribution is -2.41. The molecule has 0 atom stereocenters. The van der Waals surface area contributed by atoms with Crippen LogP contribution < -0.4 is 10.6 Å². The Labute approximate surface area is 165 Å². The van der Waals surface area contributed by atoms with Crippen LogP contribution in [0.5, 0.6) is 5.75 Å². The average Bonchev–Trinajstić information content (AvgIpc) is 2.68. The molecule has 0 aromatic heterocycles. The number of phenols is 1. The molecular formula is C22H27N3O3. The number of carbonyl (C=O) groups is 2. The van der Waals surface area contributed by atoms with Crippen molar-refractivity contribution < 1.29 is 14.7 Å². The molecule has 1 heterocycles. The van der Waals surface area contributed by atoms with Gasteiger partial charge in [0.2, 0.25) is 11.8 Å². The molecule has 2 amide bonds. The Hall–Kier alpha value is -2.86.